The van der Waals surface area contributed by atoms with Gasteiger partial charge < -0.3 is 24.5 Å². The number of aliphatic carboxylic acids is 1. The quantitative estimate of drug-likeness (QED) is 0.552. The Morgan fingerprint density at radius 2 is 1.88 bits per heavy atom. The third-order valence-electron chi connectivity index (χ3n) is 4.75. The maximum absolute atomic E-state index is 12.4. The number of carboxylic acid groups (broad SMARTS) is 1. The lowest BCUT2D eigenvalue weighted by Gasteiger charge is -2.26. The Kier molecular flexibility index (Phi) is 7.16. The maximum atomic E-state index is 12.4. The van der Waals surface area contributed by atoms with Crippen LogP contribution in [0.5, 0.6) is 5.75 Å². The summed E-state index contributed by atoms with van der Waals surface area (Å²) in [6, 6.07) is 8.66. The molecule has 1 amide bonds. The summed E-state index contributed by atoms with van der Waals surface area (Å²) in [6.07, 6.45) is -4.74. The largest absolute Gasteiger partial charge is 0.490 e. The van der Waals surface area contributed by atoms with Crippen LogP contribution in [0.25, 0.3) is 22.6 Å². The smallest absolute Gasteiger partial charge is 0.475 e. The van der Waals surface area contributed by atoms with Crippen LogP contribution in [0, 0.1) is 0 Å². The van der Waals surface area contributed by atoms with Crippen molar-refractivity contribution < 1.29 is 37.0 Å². The van der Waals surface area contributed by atoms with Crippen LogP contribution in [0.1, 0.15) is 12.5 Å². The van der Waals surface area contributed by atoms with Crippen LogP contribution in [-0.2, 0) is 11.2 Å². The molecule has 0 atom stereocenters. The fourth-order valence-electron chi connectivity index (χ4n) is 3.01. The van der Waals surface area contributed by atoms with E-state index in [9.17, 15) is 22.8 Å². The molecule has 1 saturated heterocycles. The first kappa shape index (κ1) is 24.0. The first-order valence-electron chi connectivity index (χ1n) is 9.94. The number of ether oxygens (including phenoxy) is 1. The molecule has 0 aromatic heterocycles. The fraction of sp³-hybridized carbons (Fsp3) is 0.333. The molecule has 0 radical (unpaired) electrons. The van der Waals surface area contributed by atoms with Gasteiger partial charge in [-0.15, -0.1) is 0 Å². The highest BCUT2D eigenvalue weighted by atomic mass is 19.4. The number of hydrogen-bond acceptors (Lipinski definition) is 7. The van der Waals surface area contributed by atoms with E-state index < -0.39 is 23.7 Å². The van der Waals surface area contributed by atoms with Crippen LogP contribution in [-0.4, -0.2) is 59.4 Å². The number of piperazine rings is 1. The van der Waals surface area contributed by atoms with E-state index in [1.54, 1.807) is 11.0 Å². The zero-order chi connectivity index (χ0) is 24.2. The number of nitrogens with one attached hydrogen (secondary N) is 1. The number of aromatic nitrogens is 1. The second-order valence-corrected chi connectivity index (χ2v) is 7.02. The van der Waals surface area contributed by atoms with Crippen LogP contribution in [0.15, 0.2) is 39.5 Å². The number of hydrogen-bond donors (Lipinski definition) is 2. The van der Waals surface area contributed by atoms with E-state index in [0.29, 0.717) is 43.0 Å². The van der Waals surface area contributed by atoms with E-state index in [1.807, 2.05) is 18.2 Å². The summed E-state index contributed by atoms with van der Waals surface area (Å²) in [6.45, 7) is 4.54. The number of rotatable bonds is 2. The van der Waals surface area contributed by atoms with Gasteiger partial charge in [0, 0.05) is 26.2 Å². The van der Waals surface area contributed by atoms with E-state index in [2.05, 4.69) is 17.2 Å². The van der Waals surface area contributed by atoms with Crippen LogP contribution < -0.4 is 15.5 Å². The average Bonchev–Trinajstić information content (AvgIpc) is 2.79. The Balaban J connectivity index is 0.000000383. The van der Waals surface area contributed by atoms with Crippen molar-refractivity contribution in [3.63, 3.8) is 0 Å². The zero-order valence-corrected chi connectivity index (χ0v) is 17.4. The number of aryl methyl sites for hydroxylation is 1. The molecule has 176 valence electrons. The Morgan fingerprint density at radius 1 is 1.21 bits per heavy atom. The number of carbonyl (C=O) groups excluding carboxylic acids is 1. The molecule has 1 aromatic rings. The zero-order valence-electron chi connectivity index (χ0n) is 17.4. The molecule has 3 aliphatic rings. The molecule has 0 bridgehead atoms. The van der Waals surface area contributed by atoms with Gasteiger partial charge in [0.05, 0.1) is 0 Å². The molecule has 33 heavy (non-hydrogen) atoms. The van der Waals surface area contributed by atoms with Crippen LogP contribution >= 0.6 is 0 Å². The van der Waals surface area contributed by atoms with Gasteiger partial charge in [-0.2, -0.15) is 13.2 Å². The minimum Gasteiger partial charge on any atom is -0.475 e. The lowest BCUT2D eigenvalue weighted by atomic mass is 10.1. The molecule has 2 aliphatic heterocycles. The minimum atomic E-state index is -5.08. The summed E-state index contributed by atoms with van der Waals surface area (Å²) in [5.74, 6) is -2.68. The van der Waals surface area contributed by atoms with Crippen molar-refractivity contribution in [1.29, 1.82) is 0 Å². The van der Waals surface area contributed by atoms with Crippen molar-refractivity contribution in [3.05, 3.63) is 46.1 Å². The van der Waals surface area contributed by atoms with Gasteiger partial charge in [0.2, 0.25) is 11.2 Å². The van der Waals surface area contributed by atoms with Crippen LogP contribution in [0.4, 0.5) is 18.0 Å². The van der Waals surface area contributed by atoms with E-state index in [-0.39, 0.29) is 11.5 Å². The van der Waals surface area contributed by atoms with E-state index in [0.717, 1.165) is 12.0 Å². The fourth-order valence-corrected chi connectivity index (χ4v) is 3.01. The van der Waals surface area contributed by atoms with E-state index in [4.69, 9.17) is 19.1 Å². The number of carboxylic acids is 1. The lowest BCUT2D eigenvalue weighted by molar-refractivity contribution is -0.192. The van der Waals surface area contributed by atoms with Gasteiger partial charge in [-0.1, -0.05) is 13.0 Å². The number of benzene rings is 2. The molecule has 2 heterocycles. The van der Waals surface area contributed by atoms with Crippen molar-refractivity contribution in [2.24, 2.45) is 0 Å². The predicted octanol–water partition coefficient (Wildman–Crippen LogP) is 2.89. The van der Waals surface area contributed by atoms with Gasteiger partial charge in [0.15, 0.2) is 11.3 Å². The normalized spacial score (nSPS) is 14.0. The monoisotopic (exact) mass is 467 g/mol. The van der Waals surface area contributed by atoms with E-state index in [1.165, 1.54) is 6.07 Å². The van der Waals surface area contributed by atoms with Crippen molar-refractivity contribution >= 4 is 23.2 Å². The summed E-state index contributed by atoms with van der Waals surface area (Å²) >= 11 is 0. The van der Waals surface area contributed by atoms with Gasteiger partial charge in [-0.25, -0.2) is 14.6 Å². The van der Waals surface area contributed by atoms with Crippen molar-refractivity contribution in [2.75, 3.05) is 26.2 Å². The van der Waals surface area contributed by atoms with Crippen molar-refractivity contribution in [1.82, 2.24) is 15.2 Å². The van der Waals surface area contributed by atoms with Gasteiger partial charge in [0.25, 0.3) is 0 Å². The standard InChI is InChI=1S/C19H19N3O4.C2HF3O2/c1-2-12-3-6-16-14(11-12)21-13-4-5-15(23)18(17(13)25-16)26-19(24)22-9-7-20-8-10-22;3-2(4,5)1(6)7/h3-6,11,20H,2,7-10H2,1H3;(H,6,7). The first-order chi connectivity index (χ1) is 15.6. The van der Waals surface area contributed by atoms with Gasteiger partial charge >= 0.3 is 18.2 Å². The van der Waals surface area contributed by atoms with Gasteiger partial charge in [0.1, 0.15) is 11.2 Å². The predicted molar refractivity (Wildman–Crippen MR) is 110 cm³/mol. The molecular formula is C21H20F3N3O6. The first-order valence-corrected chi connectivity index (χ1v) is 9.94. The molecule has 0 unspecified atom stereocenters. The van der Waals surface area contributed by atoms with Crippen LogP contribution in [0.3, 0.4) is 0 Å². The number of halogens is 3. The minimum absolute atomic E-state index is 0.111. The molecule has 1 fully saturated rings. The molecule has 12 heteroatoms. The summed E-state index contributed by atoms with van der Waals surface area (Å²) in [7, 11) is 0. The summed E-state index contributed by atoms with van der Waals surface area (Å²) in [5, 5.41) is 10.3. The topological polar surface area (TPSA) is 122 Å². The number of alkyl halides is 3. The number of amides is 1. The second kappa shape index (κ2) is 9.86. The molecule has 4 rings (SSSR count). The van der Waals surface area contributed by atoms with Gasteiger partial charge in [-0.3, -0.25) is 4.79 Å². The Bertz CT molecular complexity index is 1190. The molecule has 2 N–H and O–H groups in total. The molecule has 0 saturated carbocycles. The third-order valence-corrected chi connectivity index (χ3v) is 4.75. The Morgan fingerprint density at radius 3 is 2.48 bits per heavy atom. The van der Waals surface area contributed by atoms with Crippen LogP contribution in [0.2, 0.25) is 0 Å². The second-order valence-electron chi connectivity index (χ2n) is 7.02. The van der Waals surface area contributed by atoms with Crippen molar-refractivity contribution in [2.45, 2.75) is 19.5 Å². The highest BCUT2D eigenvalue weighted by molar-refractivity contribution is 5.80. The highest BCUT2D eigenvalue weighted by Crippen LogP contribution is 2.31. The van der Waals surface area contributed by atoms with Crippen molar-refractivity contribution in [3.8, 4) is 17.2 Å². The molecule has 0 spiro atoms. The van der Waals surface area contributed by atoms with Gasteiger partial charge in [-0.05, 0) is 36.2 Å². The Hall–Kier alpha value is -3.67. The number of carbonyl (C=O) groups is 2. The molecule has 1 aromatic carbocycles. The summed E-state index contributed by atoms with van der Waals surface area (Å²) in [4.78, 5) is 39.7. The molecular weight excluding hydrogens is 447 g/mol. The summed E-state index contributed by atoms with van der Waals surface area (Å²) < 4.78 is 43.0. The SMILES string of the molecule is CCc1ccc2oc3c(OC(=O)N4CCNCC4)c(=O)ccc-3nc2c1.O=C(O)C(F)(F)F. The number of nitrogens with zero attached hydrogens (tertiary/aromatic N) is 2. The number of fused-ring (bicyclic) bond motifs is 2. The molecule has 9 nitrogen and oxygen atoms in total. The third kappa shape index (κ3) is 5.77. The molecule has 1 aliphatic carbocycles. The highest BCUT2D eigenvalue weighted by Gasteiger charge is 2.38. The summed E-state index contributed by atoms with van der Waals surface area (Å²) in [5.41, 5.74) is 2.46. The average molecular weight is 467 g/mol. The van der Waals surface area contributed by atoms with E-state index >= 15 is 0 Å². The Labute approximate surface area is 185 Å². The lowest BCUT2D eigenvalue weighted by Crippen LogP contribution is -2.47. The maximum Gasteiger partial charge on any atom is 0.490 e.